The maximum Gasteiger partial charge on any atom is 0.417 e. The van der Waals surface area contributed by atoms with Gasteiger partial charge in [0.1, 0.15) is 5.75 Å². The van der Waals surface area contributed by atoms with Gasteiger partial charge in [0.2, 0.25) is 5.91 Å². The molecule has 0 bridgehead atoms. The predicted molar refractivity (Wildman–Crippen MR) is 116 cm³/mol. The second kappa shape index (κ2) is 9.17. The van der Waals surface area contributed by atoms with E-state index in [4.69, 9.17) is 9.15 Å². The van der Waals surface area contributed by atoms with Crippen LogP contribution in [0.1, 0.15) is 24.8 Å². The Morgan fingerprint density at radius 2 is 1.97 bits per heavy atom. The van der Waals surface area contributed by atoms with Crippen LogP contribution in [0.3, 0.4) is 0 Å². The highest BCUT2D eigenvalue weighted by Crippen LogP contribution is 2.23. The van der Waals surface area contributed by atoms with E-state index in [-0.39, 0.29) is 5.91 Å². The topological polar surface area (TPSA) is 87.6 Å². The van der Waals surface area contributed by atoms with E-state index in [0.29, 0.717) is 29.1 Å². The number of piperidine rings is 1. The van der Waals surface area contributed by atoms with Crippen LogP contribution in [0.25, 0.3) is 11.1 Å². The Balaban J connectivity index is 1.20. The number of fused-ring (bicyclic) bond motifs is 1. The molecule has 2 heterocycles. The minimum atomic E-state index is -0.496. The first-order chi connectivity index (χ1) is 14.6. The molecule has 2 N–H and O–H groups in total. The number of carbonyl (C=O) groups excluding carboxylic acids is 1. The first-order valence-electron chi connectivity index (χ1n) is 10.4. The summed E-state index contributed by atoms with van der Waals surface area (Å²) in [5, 5.41) is 2.88. The number of methoxy groups -OCH3 is 1. The number of hydrogen-bond acceptors (Lipinski definition) is 5. The van der Waals surface area contributed by atoms with Gasteiger partial charge in [0.25, 0.3) is 0 Å². The first kappa shape index (κ1) is 20.2. The van der Waals surface area contributed by atoms with E-state index in [1.54, 1.807) is 25.3 Å². The van der Waals surface area contributed by atoms with Gasteiger partial charge >= 0.3 is 5.76 Å². The van der Waals surface area contributed by atoms with Crippen molar-refractivity contribution in [2.24, 2.45) is 5.92 Å². The van der Waals surface area contributed by atoms with Crippen LogP contribution in [0, 0.1) is 5.92 Å². The summed E-state index contributed by atoms with van der Waals surface area (Å²) in [6.07, 6.45) is 3.84. The lowest BCUT2D eigenvalue weighted by Gasteiger charge is -2.31. The zero-order valence-electron chi connectivity index (χ0n) is 17.1. The molecule has 0 saturated carbocycles. The second-order valence-electron chi connectivity index (χ2n) is 7.86. The summed E-state index contributed by atoms with van der Waals surface area (Å²) in [4.78, 5) is 28.5. The van der Waals surface area contributed by atoms with Crippen LogP contribution in [0.15, 0.2) is 51.7 Å². The molecule has 1 saturated heterocycles. The average Bonchev–Trinajstić information content (AvgIpc) is 3.13. The SMILES string of the molecule is COc1ccc(CC2CCN(CCC(=O)Nc3ccc4[nH]c(=O)oc4c3)CC2)cc1. The molecule has 0 spiro atoms. The van der Waals surface area contributed by atoms with Crippen molar-refractivity contribution in [2.75, 3.05) is 32.1 Å². The van der Waals surface area contributed by atoms with Crippen molar-refractivity contribution in [3.05, 3.63) is 58.6 Å². The van der Waals surface area contributed by atoms with E-state index in [0.717, 1.165) is 44.6 Å². The molecule has 1 aliphatic rings. The number of aromatic nitrogens is 1. The van der Waals surface area contributed by atoms with Gasteiger partial charge in [-0.2, -0.15) is 0 Å². The number of amides is 1. The highest BCUT2D eigenvalue weighted by molar-refractivity contribution is 5.92. The zero-order valence-corrected chi connectivity index (χ0v) is 17.1. The van der Waals surface area contributed by atoms with Crippen molar-refractivity contribution in [1.29, 1.82) is 0 Å². The Morgan fingerprint density at radius 3 is 2.70 bits per heavy atom. The summed E-state index contributed by atoms with van der Waals surface area (Å²) in [5.41, 5.74) is 3.05. The molecule has 0 unspecified atom stereocenters. The van der Waals surface area contributed by atoms with Gasteiger partial charge in [-0.25, -0.2) is 4.79 Å². The largest absolute Gasteiger partial charge is 0.497 e. The fourth-order valence-corrected chi connectivity index (χ4v) is 4.02. The molecule has 7 heteroatoms. The molecular formula is C23H27N3O4. The van der Waals surface area contributed by atoms with Gasteiger partial charge in [0, 0.05) is 24.7 Å². The maximum atomic E-state index is 12.3. The molecule has 1 amide bonds. The Morgan fingerprint density at radius 1 is 1.20 bits per heavy atom. The standard InChI is InChI=1S/C23H27N3O4/c1-29-19-5-2-16(3-6-19)14-17-8-11-26(12-9-17)13-10-22(27)24-18-4-7-20-21(15-18)30-23(28)25-20/h2-7,15,17H,8-14H2,1H3,(H,24,27)(H,25,28). The zero-order chi connectivity index (χ0) is 20.9. The molecule has 30 heavy (non-hydrogen) atoms. The molecule has 1 fully saturated rings. The van der Waals surface area contributed by atoms with Gasteiger partial charge in [-0.15, -0.1) is 0 Å². The van der Waals surface area contributed by atoms with Gasteiger partial charge < -0.3 is 19.4 Å². The third-order valence-electron chi connectivity index (χ3n) is 5.75. The van der Waals surface area contributed by atoms with Crippen molar-refractivity contribution in [3.63, 3.8) is 0 Å². The van der Waals surface area contributed by atoms with Crippen LogP contribution in [0.5, 0.6) is 5.75 Å². The predicted octanol–water partition coefficient (Wildman–Crippen LogP) is 3.41. The Bertz CT molecular complexity index is 1050. The van der Waals surface area contributed by atoms with E-state index in [9.17, 15) is 9.59 Å². The van der Waals surface area contributed by atoms with Crippen molar-refractivity contribution in [1.82, 2.24) is 9.88 Å². The number of carbonyl (C=O) groups is 1. The van der Waals surface area contributed by atoms with E-state index in [1.165, 1.54) is 5.56 Å². The number of nitrogens with one attached hydrogen (secondary N) is 2. The molecule has 3 aromatic rings. The number of oxazole rings is 1. The number of likely N-dealkylation sites (tertiary alicyclic amines) is 1. The number of H-pyrrole nitrogens is 1. The van der Waals surface area contributed by atoms with Gasteiger partial charge in [-0.05, 0) is 68.1 Å². The van der Waals surface area contributed by atoms with Gasteiger partial charge in [0.15, 0.2) is 5.58 Å². The molecule has 0 atom stereocenters. The van der Waals surface area contributed by atoms with Crippen molar-refractivity contribution in [3.8, 4) is 5.75 Å². The molecule has 4 rings (SSSR count). The maximum absolute atomic E-state index is 12.3. The smallest absolute Gasteiger partial charge is 0.417 e. The molecule has 1 aliphatic heterocycles. The molecule has 1 aromatic heterocycles. The Hall–Kier alpha value is -3.06. The third-order valence-corrected chi connectivity index (χ3v) is 5.75. The van der Waals surface area contributed by atoms with E-state index < -0.39 is 5.76 Å². The number of aromatic amines is 1. The van der Waals surface area contributed by atoms with Gasteiger partial charge in [-0.3, -0.25) is 9.78 Å². The average molecular weight is 409 g/mol. The van der Waals surface area contributed by atoms with E-state index in [1.807, 2.05) is 12.1 Å². The van der Waals surface area contributed by atoms with E-state index >= 15 is 0 Å². The number of benzene rings is 2. The molecule has 0 aliphatic carbocycles. The highest BCUT2D eigenvalue weighted by Gasteiger charge is 2.20. The summed E-state index contributed by atoms with van der Waals surface area (Å²) in [6, 6.07) is 13.5. The van der Waals surface area contributed by atoms with Crippen LogP contribution in [-0.2, 0) is 11.2 Å². The number of rotatable bonds is 7. The number of nitrogens with zero attached hydrogens (tertiary/aromatic N) is 1. The summed E-state index contributed by atoms with van der Waals surface area (Å²) in [7, 11) is 1.69. The van der Waals surface area contributed by atoms with Crippen LogP contribution in [0.4, 0.5) is 5.69 Å². The minimum Gasteiger partial charge on any atom is -0.497 e. The molecule has 0 radical (unpaired) electrons. The van der Waals surface area contributed by atoms with Crippen LogP contribution < -0.4 is 15.8 Å². The number of hydrogen-bond donors (Lipinski definition) is 2. The van der Waals surface area contributed by atoms with Crippen molar-refractivity contribution < 1.29 is 13.9 Å². The fourth-order valence-electron chi connectivity index (χ4n) is 4.02. The van der Waals surface area contributed by atoms with Crippen molar-refractivity contribution in [2.45, 2.75) is 25.7 Å². The quantitative estimate of drug-likeness (QED) is 0.624. The van der Waals surface area contributed by atoms with Crippen molar-refractivity contribution >= 4 is 22.7 Å². The number of ether oxygens (including phenoxy) is 1. The summed E-state index contributed by atoms with van der Waals surface area (Å²) in [5.74, 6) is 1.05. The molecule has 7 nitrogen and oxygen atoms in total. The Labute approximate surface area is 175 Å². The molecule has 158 valence electrons. The normalized spacial score (nSPS) is 15.4. The second-order valence-corrected chi connectivity index (χ2v) is 7.86. The lowest BCUT2D eigenvalue weighted by molar-refractivity contribution is -0.116. The summed E-state index contributed by atoms with van der Waals surface area (Å²) >= 11 is 0. The van der Waals surface area contributed by atoms with Gasteiger partial charge in [0.05, 0.1) is 12.6 Å². The lowest BCUT2D eigenvalue weighted by atomic mass is 9.90. The number of anilines is 1. The summed E-state index contributed by atoms with van der Waals surface area (Å²) < 4.78 is 10.3. The molecule has 2 aromatic carbocycles. The fraction of sp³-hybridized carbons (Fsp3) is 0.391. The summed E-state index contributed by atoms with van der Waals surface area (Å²) in [6.45, 7) is 2.80. The lowest BCUT2D eigenvalue weighted by Crippen LogP contribution is -2.36. The monoisotopic (exact) mass is 409 g/mol. The van der Waals surface area contributed by atoms with E-state index in [2.05, 4.69) is 27.3 Å². The van der Waals surface area contributed by atoms with Crippen LogP contribution >= 0.6 is 0 Å². The van der Waals surface area contributed by atoms with Crippen LogP contribution in [0.2, 0.25) is 0 Å². The first-order valence-corrected chi connectivity index (χ1v) is 10.4. The minimum absolute atomic E-state index is 0.0346. The Kier molecular flexibility index (Phi) is 6.18. The molecular weight excluding hydrogens is 382 g/mol. The third kappa shape index (κ3) is 5.10. The highest BCUT2D eigenvalue weighted by atomic mass is 16.5. The van der Waals surface area contributed by atoms with Crippen LogP contribution in [-0.4, -0.2) is 42.5 Å². The van der Waals surface area contributed by atoms with Gasteiger partial charge in [-0.1, -0.05) is 12.1 Å².